The average Bonchev–Trinajstić information content (AvgIpc) is 2.97. The Hall–Kier alpha value is -1.93. The van der Waals surface area contributed by atoms with E-state index in [4.69, 9.17) is 5.11 Å². The molecule has 0 aliphatic carbocycles. The molecule has 1 aliphatic heterocycles. The van der Waals surface area contributed by atoms with Crippen LogP contribution >= 0.6 is 0 Å². The van der Waals surface area contributed by atoms with Gasteiger partial charge >= 0.3 is 5.97 Å². The Labute approximate surface area is 135 Å². The predicted octanol–water partition coefficient (Wildman–Crippen LogP) is 0.468. The molecule has 1 aromatic rings. The second kappa shape index (κ2) is 7.10. The SMILES string of the molecule is CS(=O)(=O)N1CCCC1C(=O)NCCc1cccc(C(=O)O)c1. The fourth-order valence-corrected chi connectivity index (χ4v) is 3.83. The standard InChI is InChI=1S/C15H20N2O5S/c1-23(21,22)17-9-3-6-13(17)14(18)16-8-7-11-4-2-5-12(10-11)15(19)20/h2,4-5,10,13H,3,6-9H2,1H3,(H,16,18)(H,19,20). The number of aromatic carboxylic acids is 1. The monoisotopic (exact) mass is 340 g/mol. The third-order valence-electron chi connectivity index (χ3n) is 3.82. The number of carboxylic acids is 1. The minimum atomic E-state index is -3.38. The van der Waals surface area contributed by atoms with Crippen molar-refractivity contribution in [2.24, 2.45) is 0 Å². The molecule has 1 aromatic carbocycles. The van der Waals surface area contributed by atoms with Crippen molar-refractivity contribution >= 4 is 21.9 Å². The molecule has 126 valence electrons. The molecular weight excluding hydrogens is 320 g/mol. The summed E-state index contributed by atoms with van der Waals surface area (Å²) in [5, 5.41) is 11.7. The zero-order valence-corrected chi connectivity index (χ0v) is 13.7. The first-order valence-corrected chi connectivity index (χ1v) is 9.20. The van der Waals surface area contributed by atoms with Gasteiger partial charge in [0.1, 0.15) is 6.04 Å². The first-order chi connectivity index (χ1) is 10.8. The number of hydrogen-bond donors (Lipinski definition) is 2. The third-order valence-corrected chi connectivity index (χ3v) is 5.11. The molecule has 1 unspecified atom stereocenters. The van der Waals surface area contributed by atoms with Crippen molar-refractivity contribution in [2.75, 3.05) is 19.3 Å². The highest BCUT2D eigenvalue weighted by molar-refractivity contribution is 7.88. The van der Waals surface area contributed by atoms with Gasteiger partial charge in [-0.2, -0.15) is 4.31 Å². The van der Waals surface area contributed by atoms with Crippen molar-refractivity contribution in [1.82, 2.24) is 9.62 Å². The molecule has 0 aromatic heterocycles. The Morgan fingerprint density at radius 2 is 2.13 bits per heavy atom. The molecule has 0 spiro atoms. The van der Waals surface area contributed by atoms with Crippen LogP contribution in [-0.4, -0.2) is 55.1 Å². The maximum Gasteiger partial charge on any atom is 0.335 e. The molecular formula is C15H20N2O5S. The summed E-state index contributed by atoms with van der Waals surface area (Å²) < 4.78 is 24.5. The summed E-state index contributed by atoms with van der Waals surface area (Å²) in [7, 11) is -3.38. The normalized spacial score (nSPS) is 18.7. The van der Waals surface area contributed by atoms with Crippen LogP contribution in [0.4, 0.5) is 0 Å². The van der Waals surface area contributed by atoms with Crippen molar-refractivity contribution in [1.29, 1.82) is 0 Å². The number of nitrogens with zero attached hydrogens (tertiary/aromatic N) is 1. The van der Waals surface area contributed by atoms with E-state index in [0.29, 0.717) is 32.4 Å². The molecule has 1 aliphatic rings. The van der Waals surface area contributed by atoms with Gasteiger partial charge in [-0.3, -0.25) is 4.79 Å². The summed E-state index contributed by atoms with van der Waals surface area (Å²) in [6.45, 7) is 0.702. The lowest BCUT2D eigenvalue weighted by Crippen LogP contribution is -2.45. The van der Waals surface area contributed by atoms with E-state index in [1.54, 1.807) is 18.2 Å². The van der Waals surface area contributed by atoms with E-state index in [9.17, 15) is 18.0 Å². The quantitative estimate of drug-likeness (QED) is 0.783. The van der Waals surface area contributed by atoms with Gasteiger partial charge in [-0.1, -0.05) is 12.1 Å². The van der Waals surface area contributed by atoms with Gasteiger partial charge in [-0.05, 0) is 37.0 Å². The highest BCUT2D eigenvalue weighted by Gasteiger charge is 2.36. The van der Waals surface area contributed by atoms with Crippen molar-refractivity contribution in [3.05, 3.63) is 35.4 Å². The number of benzene rings is 1. The van der Waals surface area contributed by atoms with Gasteiger partial charge in [-0.15, -0.1) is 0 Å². The zero-order chi connectivity index (χ0) is 17.0. The highest BCUT2D eigenvalue weighted by Crippen LogP contribution is 2.20. The van der Waals surface area contributed by atoms with Crippen LogP contribution in [-0.2, 0) is 21.2 Å². The molecule has 1 heterocycles. The first kappa shape index (κ1) is 17.4. The average molecular weight is 340 g/mol. The number of carbonyl (C=O) groups excluding carboxylic acids is 1. The molecule has 2 rings (SSSR count). The summed E-state index contributed by atoms with van der Waals surface area (Å²) in [5.41, 5.74) is 1.00. The van der Waals surface area contributed by atoms with E-state index in [1.807, 2.05) is 0 Å². The zero-order valence-electron chi connectivity index (χ0n) is 12.9. The lowest BCUT2D eigenvalue weighted by molar-refractivity contribution is -0.124. The topological polar surface area (TPSA) is 104 Å². The van der Waals surface area contributed by atoms with Crippen LogP contribution in [0, 0.1) is 0 Å². The van der Waals surface area contributed by atoms with Crippen LogP contribution < -0.4 is 5.32 Å². The van der Waals surface area contributed by atoms with Gasteiger partial charge in [0, 0.05) is 13.1 Å². The second-order valence-corrected chi connectivity index (χ2v) is 7.51. The summed E-state index contributed by atoms with van der Waals surface area (Å²) >= 11 is 0. The number of carbonyl (C=O) groups is 2. The van der Waals surface area contributed by atoms with Gasteiger partial charge in [0.15, 0.2) is 0 Å². The Bertz CT molecular complexity index is 702. The third kappa shape index (κ3) is 4.52. The van der Waals surface area contributed by atoms with Crippen LogP contribution in [0.1, 0.15) is 28.8 Å². The molecule has 0 saturated carbocycles. The molecule has 1 atom stereocenters. The number of amides is 1. The number of sulfonamides is 1. The largest absolute Gasteiger partial charge is 0.478 e. The smallest absolute Gasteiger partial charge is 0.335 e. The molecule has 8 heteroatoms. The Morgan fingerprint density at radius 3 is 2.78 bits per heavy atom. The minimum absolute atomic E-state index is 0.202. The number of hydrogen-bond acceptors (Lipinski definition) is 4. The van der Waals surface area contributed by atoms with Crippen LogP contribution in [0.25, 0.3) is 0 Å². The fourth-order valence-electron chi connectivity index (χ4n) is 2.71. The molecule has 1 fully saturated rings. The van der Waals surface area contributed by atoms with Crippen molar-refractivity contribution in [3.63, 3.8) is 0 Å². The summed E-state index contributed by atoms with van der Waals surface area (Å²) in [4.78, 5) is 23.1. The fraction of sp³-hybridized carbons (Fsp3) is 0.467. The molecule has 1 saturated heterocycles. The molecule has 23 heavy (non-hydrogen) atoms. The van der Waals surface area contributed by atoms with Crippen LogP contribution in [0.5, 0.6) is 0 Å². The molecule has 1 amide bonds. The van der Waals surface area contributed by atoms with Crippen molar-refractivity contribution < 1.29 is 23.1 Å². The van der Waals surface area contributed by atoms with Gasteiger partial charge in [-0.25, -0.2) is 13.2 Å². The van der Waals surface area contributed by atoms with Gasteiger partial charge in [0.2, 0.25) is 15.9 Å². The number of nitrogens with one attached hydrogen (secondary N) is 1. The maximum absolute atomic E-state index is 12.2. The molecule has 7 nitrogen and oxygen atoms in total. The van der Waals surface area contributed by atoms with Crippen LogP contribution in [0.15, 0.2) is 24.3 Å². The molecule has 0 bridgehead atoms. The Morgan fingerprint density at radius 1 is 1.39 bits per heavy atom. The van der Waals surface area contributed by atoms with Gasteiger partial charge in [0.25, 0.3) is 0 Å². The first-order valence-electron chi connectivity index (χ1n) is 7.36. The van der Waals surface area contributed by atoms with Crippen LogP contribution in [0.2, 0.25) is 0 Å². The molecule has 2 N–H and O–H groups in total. The Balaban J connectivity index is 1.90. The Kier molecular flexibility index (Phi) is 5.38. The van der Waals surface area contributed by atoms with E-state index in [-0.39, 0.29) is 11.5 Å². The highest BCUT2D eigenvalue weighted by atomic mass is 32.2. The lowest BCUT2D eigenvalue weighted by Gasteiger charge is -2.21. The van der Waals surface area contributed by atoms with Crippen molar-refractivity contribution in [2.45, 2.75) is 25.3 Å². The maximum atomic E-state index is 12.2. The van der Waals surface area contributed by atoms with E-state index in [1.165, 1.54) is 10.4 Å². The summed E-state index contributed by atoms with van der Waals surface area (Å²) in [6.07, 6.45) is 2.79. The summed E-state index contributed by atoms with van der Waals surface area (Å²) in [5.74, 6) is -1.30. The number of rotatable bonds is 6. The minimum Gasteiger partial charge on any atom is -0.478 e. The summed E-state index contributed by atoms with van der Waals surface area (Å²) in [6, 6.07) is 5.87. The predicted molar refractivity (Wildman–Crippen MR) is 84.7 cm³/mol. The lowest BCUT2D eigenvalue weighted by atomic mass is 10.1. The van der Waals surface area contributed by atoms with E-state index >= 15 is 0 Å². The van der Waals surface area contributed by atoms with Crippen molar-refractivity contribution in [3.8, 4) is 0 Å². The second-order valence-electron chi connectivity index (χ2n) is 5.58. The van der Waals surface area contributed by atoms with E-state index < -0.39 is 22.0 Å². The molecule has 0 radical (unpaired) electrons. The number of carboxylic acid groups (broad SMARTS) is 1. The van der Waals surface area contributed by atoms with E-state index in [0.717, 1.165) is 11.8 Å². The van der Waals surface area contributed by atoms with E-state index in [2.05, 4.69) is 5.32 Å². The van der Waals surface area contributed by atoms with Gasteiger partial charge < -0.3 is 10.4 Å². The van der Waals surface area contributed by atoms with Gasteiger partial charge in [0.05, 0.1) is 11.8 Å². The van der Waals surface area contributed by atoms with Crippen LogP contribution in [0.3, 0.4) is 0 Å².